The lowest BCUT2D eigenvalue weighted by Gasteiger charge is -2.39. The zero-order valence-electron chi connectivity index (χ0n) is 24.3. The van der Waals surface area contributed by atoms with Gasteiger partial charge >= 0.3 is 0 Å². The molecule has 6 bridgehead atoms. The van der Waals surface area contributed by atoms with Gasteiger partial charge in [-0.05, 0) is 47.5 Å². The van der Waals surface area contributed by atoms with Crippen molar-refractivity contribution in [2.45, 2.75) is 25.1 Å². The highest BCUT2D eigenvalue weighted by Gasteiger charge is 2.34. The van der Waals surface area contributed by atoms with Crippen LogP contribution in [-0.4, -0.2) is 60.7 Å². The van der Waals surface area contributed by atoms with Crippen molar-refractivity contribution in [3.63, 3.8) is 0 Å². The maximum absolute atomic E-state index is 15.2. The molecular weight excluding hydrogens is 579 g/mol. The first-order valence-electron chi connectivity index (χ1n) is 14.3. The van der Waals surface area contributed by atoms with E-state index in [2.05, 4.69) is 26.7 Å². The van der Waals surface area contributed by atoms with Gasteiger partial charge in [0.1, 0.15) is 35.2 Å². The second kappa shape index (κ2) is 12.9. The van der Waals surface area contributed by atoms with Gasteiger partial charge in [-0.15, -0.1) is 0 Å². The number of carbonyl (C=O) groups is 2. The molecule has 0 saturated carbocycles. The fourth-order valence-corrected chi connectivity index (χ4v) is 5.45. The van der Waals surface area contributed by atoms with Gasteiger partial charge in [0, 0.05) is 50.1 Å². The SMILES string of the molecule is COc1cc2ccc1CNC(=O)COc1cccc(c1)-c1ccc(F)c(c1)C(=O)N[C@@H]1CN(c3nccnc3C#N)CC[C@@H]1O2. The molecule has 45 heavy (non-hydrogen) atoms. The number of halogens is 1. The number of hydrogen-bond acceptors (Lipinski definition) is 9. The van der Waals surface area contributed by atoms with Gasteiger partial charge < -0.3 is 29.7 Å². The Kier molecular flexibility index (Phi) is 8.41. The third-order valence-corrected chi connectivity index (χ3v) is 7.72. The van der Waals surface area contributed by atoms with E-state index in [-0.39, 0.29) is 36.9 Å². The van der Waals surface area contributed by atoms with E-state index in [0.29, 0.717) is 47.2 Å². The number of rotatable bonds is 2. The van der Waals surface area contributed by atoms with Crippen LogP contribution in [0, 0.1) is 17.1 Å². The van der Waals surface area contributed by atoms with Crippen molar-refractivity contribution in [1.29, 1.82) is 5.26 Å². The van der Waals surface area contributed by atoms with Crippen LogP contribution in [0.2, 0.25) is 0 Å². The molecule has 2 N–H and O–H groups in total. The van der Waals surface area contributed by atoms with Crippen LogP contribution >= 0.6 is 0 Å². The van der Waals surface area contributed by atoms with Crippen LogP contribution in [-0.2, 0) is 11.3 Å². The molecule has 3 aromatic carbocycles. The Labute approximate surface area is 258 Å². The smallest absolute Gasteiger partial charge is 0.258 e. The number of aromatic nitrogens is 2. The number of methoxy groups -OCH3 is 1. The molecule has 2 amide bonds. The van der Waals surface area contributed by atoms with Crippen LogP contribution in [0.5, 0.6) is 17.2 Å². The van der Waals surface area contributed by atoms with Crippen LogP contribution in [0.25, 0.3) is 11.1 Å². The van der Waals surface area contributed by atoms with Gasteiger partial charge in [-0.3, -0.25) is 9.59 Å². The summed E-state index contributed by atoms with van der Waals surface area (Å²) in [5.41, 5.74) is 2.01. The van der Waals surface area contributed by atoms with Gasteiger partial charge in [-0.1, -0.05) is 18.2 Å². The van der Waals surface area contributed by atoms with Gasteiger partial charge in [0.2, 0.25) is 0 Å². The monoisotopic (exact) mass is 608 g/mol. The first-order chi connectivity index (χ1) is 21.9. The normalized spacial score (nSPS) is 18.3. The van der Waals surface area contributed by atoms with Crippen LogP contribution in [0.3, 0.4) is 0 Å². The molecule has 4 heterocycles. The highest BCUT2D eigenvalue weighted by molar-refractivity contribution is 5.96. The van der Waals surface area contributed by atoms with Crippen molar-refractivity contribution >= 4 is 17.6 Å². The van der Waals surface area contributed by atoms with E-state index in [1.165, 1.54) is 31.6 Å². The van der Waals surface area contributed by atoms with E-state index >= 15 is 4.39 Å². The highest BCUT2D eigenvalue weighted by atomic mass is 19.1. The molecule has 12 heteroatoms. The van der Waals surface area contributed by atoms with Crippen LogP contribution in [0.4, 0.5) is 10.2 Å². The summed E-state index contributed by atoms with van der Waals surface area (Å²) in [6, 6.07) is 18.0. The highest BCUT2D eigenvalue weighted by Crippen LogP contribution is 2.30. The maximum atomic E-state index is 15.2. The third kappa shape index (κ3) is 6.47. The molecule has 0 radical (unpaired) electrons. The van der Waals surface area contributed by atoms with Gasteiger partial charge in [0.25, 0.3) is 11.8 Å². The quantitative estimate of drug-likeness (QED) is 0.349. The van der Waals surface area contributed by atoms with Crippen molar-refractivity contribution in [3.05, 3.63) is 95.7 Å². The predicted octanol–water partition coefficient (Wildman–Crippen LogP) is 3.63. The van der Waals surface area contributed by atoms with Gasteiger partial charge in [0.15, 0.2) is 18.1 Å². The lowest BCUT2D eigenvalue weighted by atomic mass is 9.99. The molecule has 2 atom stereocenters. The topological polar surface area (TPSA) is 139 Å². The molecule has 1 saturated heterocycles. The number of ether oxygens (including phenoxy) is 3. The molecule has 7 rings (SSSR count). The van der Waals surface area contributed by atoms with Gasteiger partial charge in [-0.25, -0.2) is 14.4 Å². The number of hydrogen-bond donors (Lipinski definition) is 2. The van der Waals surface area contributed by atoms with E-state index in [0.717, 1.165) is 5.56 Å². The largest absolute Gasteiger partial charge is 0.496 e. The van der Waals surface area contributed by atoms with E-state index in [9.17, 15) is 14.9 Å². The summed E-state index contributed by atoms with van der Waals surface area (Å²) >= 11 is 0. The van der Waals surface area contributed by atoms with E-state index < -0.39 is 23.9 Å². The number of carbonyl (C=O) groups excluding carboxylic acids is 2. The Bertz CT molecular complexity index is 1790. The molecule has 228 valence electrons. The lowest BCUT2D eigenvalue weighted by Crippen LogP contribution is -2.57. The van der Waals surface area contributed by atoms with Crippen molar-refractivity contribution in [2.24, 2.45) is 0 Å². The molecule has 1 aromatic heterocycles. The third-order valence-electron chi connectivity index (χ3n) is 7.72. The van der Waals surface area contributed by atoms with Crippen molar-refractivity contribution < 1.29 is 28.2 Å². The Balaban J connectivity index is 1.38. The van der Waals surface area contributed by atoms with E-state index in [1.807, 2.05) is 4.90 Å². The predicted molar refractivity (Wildman–Crippen MR) is 161 cm³/mol. The maximum Gasteiger partial charge on any atom is 0.258 e. The summed E-state index contributed by atoms with van der Waals surface area (Å²) in [6.45, 7) is 0.689. The summed E-state index contributed by atoms with van der Waals surface area (Å²) in [4.78, 5) is 36.6. The summed E-state index contributed by atoms with van der Waals surface area (Å²) < 4.78 is 32.8. The molecule has 0 spiro atoms. The molecule has 11 nitrogen and oxygen atoms in total. The fourth-order valence-electron chi connectivity index (χ4n) is 5.45. The van der Waals surface area contributed by atoms with Gasteiger partial charge in [0.05, 0.1) is 18.7 Å². The number of nitriles is 1. The minimum atomic E-state index is -0.686. The molecule has 3 aliphatic heterocycles. The van der Waals surface area contributed by atoms with Crippen LogP contribution in [0.15, 0.2) is 73.1 Å². The first kappa shape index (κ1) is 29.4. The number of amides is 2. The fraction of sp³-hybridized carbons (Fsp3) is 0.242. The standard InChI is InChI=1S/C33H29FN6O5/c1-43-30-15-24-7-5-22(30)17-38-31(41)19-44-23-4-2-3-20(13-23)21-6-8-26(34)25(14-21)33(42)39-28-18-40(12-9-29(28)45-24)32-27(16-35)36-10-11-37-32/h2-8,10-11,13-15,28-29H,9,12,17-19H2,1H3,(H,38,41)(H,39,42)/t28-,29+/m1/s1. The number of anilines is 1. The second-order valence-corrected chi connectivity index (χ2v) is 10.6. The Morgan fingerprint density at radius 3 is 2.73 bits per heavy atom. The van der Waals surface area contributed by atoms with Crippen molar-refractivity contribution in [2.75, 3.05) is 31.7 Å². The molecule has 0 unspecified atom stereocenters. The number of fused-ring (bicyclic) bond motifs is 7. The number of piperidine rings is 1. The minimum absolute atomic E-state index is 0.147. The van der Waals surface area contributed by atoms with E-state index in [4.69, 9.17) is 14.2 Å². The molecule has 1 fully saturated rings. The van der Waals surface area contributed by atoms with Gasteiger partial charge in [-0.2, -0.15) is 5.26 Å². The zero-order chi connectivity index (χ0) is 31.3. The summed E-state index contributed by atoms with van der Waals surface area (Å²) in [5.74, 6) is 0.191. The van der Waals surface area contributed by atoms with E-state index in [1.54, 1.807) is 48.5 Å². The zero-order valence-corrected chi connectivity index (χ0v) is 24.3. The Morgan fingerprint density at radius 1 is 1.04 bits per heavy atom. The minimum Gasteiger partial charge on any atom is -0.496 e. The summed E-state index contributed by atoms with van der Waals surface area (Å²) in [7, 11) is 1.52. The van der Waals surface area contributed by atoms with Crippen molar-refractivity contribution in [1.82, 2.24) is 20.6 Å². The summed E-state index contributed by atoms with van der Waals surface area (Å²) in [6.07, 6.45) is 2.87. The molecule has 3 aliphatic rings. The molecule has 0 aliphatic carbocycles. The van der Waals surface area contributed by atoms with Crippen LogP contribution in [0.1, 0.15) is 28.0 Å². The molecular formula is C33H29FN6O5. The average Bonchev–Trinajstić information content (AvgIpc) is 3.07. The summed E-state index contributed by atoms with van der Waals surface area (Å²) in [5, 5.41) is 15.4. The Morgan fingerprint density at radius 2 is 1.89 bits per heavy atom. The number of nitrogens with one attached hydrogen (secondary N) is 2. The lowest BCUT2D eigenvalue weighted by molar-refractivity contribution is -0.123. The van der Waals surface area contributed by atoms with Crippen molar-refractivity contribution in [3.8, 4) is 34.4 Å². The number of benzene rings is 3. The average molecular weight is 609 g/mol. The number of nitrogens with zero attached hydrogens (tertiary/aromatic N) is 4. The Hall–Kier alpha value is -5.70. The van der Waals surface area contributed by atoms with Crippen LogP contribution < -0.4 is 29.7 Å². The second-order valence-electron chi connectivity index (χ2n) is 10.6. The first-order valence-corrected chi connectivity index (χ1v) is 14.3. The molecule has 4 aromatic rings.